The summed E-state index contributed by atoms with van der Waals surface area (Å²) in [5.74, 6) is 0. The Morgan fingerprint density at radius 1 is 1.36 bits per heavy atom. The van der Waals surface area contributed by atoms with E-state index in [1.54, 1.807) is 0 Å². The number of urea groups is 1. The van der Waals surface area contributed by atoms with Gasteiger partial charge in [-0.1, -0.05) is 18.2 Å². The lowest BCUT2D eigenvalue weighted by Gasteiger charge is -2.14. The predicted octanol–water partition coefficient (Wildman–Crippen LogP) is 1.13. The third-order valence-electron chi connectivity index (χ3n) is 2.51. The van der Waals surface area contributed by atoms with Gasteiger partial charge in [-0.3, -0.25) is 0 Å². The van der Waals surface area contributed by atoms with E-state index < -0.39 is 6.03 Å². The van der Waals surface area contributed by atoms with E-state index in [0.717, 1.165) is 24.1 Å². The molecule has 0 aromatic heterocycles. The van der Waals surface area contributed by atoms with E-state index in [1.807, 2.05) is 24.3 Å². The number of amides is 2. The Morgan fingerprint density at radius 3 is 2.57 bits per heavy atom. The van der Waals surface area contributed by atoms with E-state index in [9.17, 15) is 4.79 Å². The summed E-state index contributed by atoms with van der Waals surface area (Å²) >= 11 is 0. The van der Waals surface area contributed by atoms with Crippen molar-refractivity contribution in [2.24, 2.45) is 11.5 Å². The van der Waals surface area contributed by atoms with Gasteiger partial charge in [0.25, 0.3) is 0 Å². The van der Waals surface area contributed by atoms with Crippen LogP contribution in [0.5, 0.6) is 0 Å². The highest BCUT2D eigenvalue weighted by Gasteiger charge is 2.41. The Kier molecular flexibility index (Phi) is 1.93. The Hall–Kier alpha value is -1.55. The van der Waals surface area contributed by atoms with Crippen molar-refractivity contribution >= 4 is 11.7 Å². The van der Waals surface area contributed by atoms with Gasteiger partial charge >= 0.3 is 6.03 Å². The number of benzene rings is 1. The lowest BCUT2D eigenvalue weighted by atomic mass is 10.0. The van der Waals surface area contributed by atoms with Gasteiger partial charge in [-0.25, -0.2) is 4.79 Å². The van der Waals surface area contributed by atoms with Gasteiger partial charge in [0.1, 0.15) is 0 Å². The zero-order valence-corrected chi connectivity index (χ0v) is 7.79. The quantitative estimate of drug-likeness (QED) is 0.654. The first-order chi connectivity index (χ1) is 6.62. The fraction of sp³-hybridized carbons (Fsp3) is 0.300. The highest BCUT2D eigenvalue weighted by atomic mass is 16.2. The second-order valence-electron chi connectivity index (χ2n) is 3.69. The molecule has 4 heteroatoms. The van der Waals surface area contributed by atoms with Crippen molar-refractivity contribution in [3.8, 4) is 0 Å². The van der Waals surface area contributed by atoms with Gasteiger partial charge in [0.15, 0.2) is 0 Å². The molecule has 1 aliphatic carbocycles. The molecule has 2 rings (SSSR count). The first kappa shape index (κ1) is 9.02. The van der Waals surface area contributed by atoms with Crippen molar-refractivity contribution in [3.63, 3.8) is 0 Å². The van der Waals surface area contributed by atoms with E-state index in [4.69, 9.17) is 11.5 Å². The molecule has 0 heterocycles. The van der Waals surface area contributed by atoms with Gasteiger partial charge in [-0.15, -0.1) is 0 Å². The second-order valence-corrected chi connectivity index (χ2v) is 3.69. The Balaban J connectivity index is 2.34. The summed E-state index contributed by atoms with van der Waals surface area (Å²) in [7, 11) is 0. The minimum absolute atomic E-state index is 0.251. The van der Waals surface area contributed by atoms with Crippen LogP contribution in [0.3, 0.4) is 0 Å². The van der Waals surface area contributed by atoms with Crippen molar-refractivity contribution in [2.45, 2.75) is 18.4 Å². The number of carbonyl (C=O) groups is 1. The smallest absolute Gasteiger partial charge is 0.316 e. The molecule has 1 fully saturated rings. The Labute approximate surface area is 82.3 Å². The first-order valence-electron chi connectivity index (χ1n) is 4.57. The summed E-state index contributed by atoms with van der Waals surface area (Å²) in [4.78, 5) is 10.7. The summed E-state index contributed by atoms with van der Waals surface area (Å²) in [6.07, 6.45) is 1.93. The highest BCUT2D eigenvalue weighted by Crippen LogP contribution is 2.45. The Bertz CT molecular complexity index is 371. The molecular formula is C10H13N3O. The number of primary amides is 1. The number of nitrogens with one attached hydrogen (secondary N) is 1. The Morgan fingerprint density at radius 2 is 2.00 bits per heavy atom. The fourth-order valence-electron chi connectivity index (χ4n) is 1.56. The molecule has 14 heavy (non-hydrogen) atoms. The molecule has 74 valence electrons. The van der Waals surface area contributed by atoms with Gasteiger partial charge in [-0.05, 0) is 24.5 Å². The third-order valence-corrected chi connectivity index (χ3v) is 2.51. The van der Waals surface area contributed by atoms with Crippen molar-refractivity contribution < 1.29 is 4.79 Å². The molecule has 1 saturated carbocycles. The molecule has 0 aliphatic heterocycles. The van der Waals surface area contributed by atoms with Crippen molar-refractivity contribution in [3.05, 3.63) is 29.8 Å². The zero-order valence-electron chi connectivity index (χ0n) is 7.79. The maximum atomic E-state index is 10.7. The topological polar surface area (TPSA) is 81.1 Å². The maximum Gasteiger partial charge on any atom is 0.316 e. The SMILES string of the molecule is NC(=O)Nc1ccccc1C1(N)CC1. The van der Waals surface area contributed by atoms with E-state index in [1.165, 1.54) is 0 Å². The van der Waals surface area contributed by atoms with Crippen molar-refractivity contribution in [1.82, 2.24) is 0 Å². The van der Waals surface area contributed by atoms with Crippen LogP contribution in [0.4, 0.5) is 10.5 Å². The molecule has 0 spiro atoms. The molecule has 1 aromatic carbocycles. The molecule has 4 nitrogen and oxygen atoms in total. The number of rotatable bonds is 2. The van der Waals surface area contributed by atoms with Gasteiger partial charge in [0.05, 0.1) is 0 Å². The number of hydrogen-bond donors (Lipinski definition) is 3. The molecule has 0 saturated heterocycles. The predicted molar refractivity (Wildman–Crippen MR) is 54.7 cm³/mol. The highest BCUT2D eigenvalue weighted by molar-refractivity contribution is 5.89. The lowest BCUT2D eigenvalue weighted by Crippen LogP contribution is -2.25. The molecule has 1 aromatic rings. The van der Waals surface area contributed by atoms with Gasteiger partial charge in [-0.2, -0.15) is 0 Å². The van der Waals surface area contributed by atoms with Gasteiger partial charge < -0.3 is 16.8 Å². The molecule has 1 aliphatic rings. The van der Waals surface area contributed by atoms with Crippen LogP contribution in [0.2, 0.25) is 0 Å². The zero-order chi connectivity index (χ0) is 10.2. The molecule has 2 amide bonds. The number of anilines is 1. The van der Waals surface area contributed by atoms with Crippen LogP contribution >= 0.6 is 0 Å². The van der Waals surface area contributed by atoms with Crippen LogP contribution in [0.25, 0.3) is 0 Å². The molecule has 0 atom stereocenters. The van der Waals surface area contributed by atoms with Gasteiger partial charge in [0, 0.05) is 11.2 Å². The average Bonchev–Trinajstić information content (AvgIpc) is 2.84. The number of nitrogens with two attached hydrogens (primary N) is 2. The van der Waals surface area contributed by atoms with Crippen LogP contribution in [0.1, 0.15) is 18.4 Å². The summed E-state index contributed by atoms with van der Waals surface area (Å²) in [6.45, 7) is 0. The van der Waals surface area contributed by atoms with E-state index in [2.05, 4.69) is 5.32 Å². The average molecular weight is 191 g/mol. The number of hydrogen-bond acceptors (Lipinski definition) is 2. The van der Waals surface area contributed by atoms with Crippen LogP contribution in [-0.4, -0.2) is 6.03 Å². The van der Waals surface area contributed by atoms with Crippen LogP contribution < -0.4 is 16.8 Å². The number of para-hydroxylation sites is 1. The van der Waals surface area contributed by atoms with E-state index >= 15 is 0 Å². The lowest BCUT2D eigenvalue weighted by molar-refractivity contribution is 0.259. The molecule has 5 N–H and O–H groups in total. The van der Waals surface area contributed by atoms with Crippen LogP contribution in [-0.2, 0) is 5.54 Å². The summed E-state index contributed by atoms with van der Waals surface area (Å²) in [6, 6.07) is 6.95. The fourth-order valence-corrected chi connectivity index (χ4v) is 1.56. The van der Waals surface area contributed by atoms with Crippen LogP contribution in [0.15, 0.2) is 24.3 Å². The molecule has 0 radical (unpaired) electrons. The summed E-state index contributed by atoms with van der Waals surface area (Å²) in [5.41, 5.74) is 12.6. The molecular weight excluding hydrogens is 178 g/mol. The summed E-state index contributed by atoms with van der Waals surface area (Å²) < 4.78 is 0. The largest absolute Gasteiger partial charge is 0.351 e. The van der Waals surface area contributed by atoms with Crippen LogP contribution in [0, 0.1) is 0 Å². The number of carbonyl (C=O) groups excluding carboxylic acids is 1. The standard InChI is InChI=1S/C10H13N3O/c11-9(14)13-8-4-2-1-3-7(8)10(12)5-6-10/h1-4H,5-6,12H2,(H3,11,13,14). The first-order valence-corrected chi connectivity index (χ1v) is 4.57. The third kappa shape index (κ3) is 1.56. The normalized spacial score (nSPS) is 17.5. The van der Waals surface area contributed by atoms with Gasteiger partial charge in [0.2, 0.25) is 0 Å². The van der Waals surface area contributed by atoms with E-state index in [-0.39, 0.29) is 5.54 Å². The maximum absolute atomic E-state index is 10.7. The molecule has 0 bridgehead atoms. The van der Waals surface area contributed by atoms with Crippen molar-refractivity contribution in [2.75, 3.05) is 5.32 Å². The van der Waals surface area contributed by atoms with Crippen molar-refractivity contribution in [1.29, 1.82) is 0 Å². The van der Waals surface area contributed by atoms with E-state index in [0.29, 0.717) is 0 Å². The minimum Gasteiger partial charge on any atom is -0.351 e. The summed E-state index contributed by atoms with van der Waals surface area (Å²) in [5, 5.41) is 2.58. The second kappa shape index (κ2) is 2.99. The molecule has 0 unspecified atom stereocenters. The minimum atomic E-state index is -0.554. The monoisotopic (exact) mass is 191 g/mol.